The van der Waals surface area contributed by atoms with Gasteiger partial charge in [-0.05, 0) is 12.0 Å². The Morgan fingerprint density at radius 2 is 2.40 bits per heavy atom. The molecule has 1 aromatic rings. The molecule has 0 atom stereocenters. The van der Waals surface area contributed by atoms with Crippen LogP contribution in [0.1, 0.15) is 5.56 Å². The lowest BCUT2D eigenvalue weighted by molar-refractivity contribution is 1.10. The highest BCUT2D eigenvalue weighted by Gasteiger charge is 2.08. The Morgan fingerprint density at radius 3 is 3.30 bits per heavy atom. The summed E-state index contributed by atoms with van der Waals surface area (Å²) in [7, 11) is 0. The second kappa shape index (κ2) is 1.87. The highest BCUT2D eigenvalue weighted by molar-refractivity contribution is 5.52. The predicted molar refractivity (Wildman–Crippen MR) is 39.3 cm³/mol. The van der Waals surface area contributed by atoms with Gasteiger partial charge in [0, 0.05) is 18.8 Å². The first-order valence-corrected chi connectivity index (χ1v) is 3.32. The molecule has 1 aliphatic rings. The van der Waals surface area contributed by atoms with Crippen LogP contribution in [0.15, 0.2) is 17.1 Å². The summed E-state index contributed by atoms with van der Waals surface area (Å²) in [5.74, 6) is 0. The number of fused-ring (bicyclic) bond motifs is 1. The van der Waals surface area contributed by atoms with Gasteiger partial charge in [-0.25, -0.2) is 0 Å². The largest absolute Gasteiger partial charge is 0.383 e. The highest BCUT2D eigenvalue weighted by atomic mass is 16.1. The third-order valence-electron chi connectivity index (χ3n) is 1.72. The molecule has 10 heavy (non-hydrogen) atoms. The highest BCUT2D eigenvalue weighted by Crippen LogP contribution is 2.17. The average molecular weight is 136 g/mol. The molecule has 0 spiro atoms. The third-order valence-corrected chi connectivity index (χ3v) is 1.72. The van der Waals surface area contributed by atoms with Crippen molar-refractivity contribution in [3.05, 3.63) is 28.2 Å². The zero-order valence-electron chi connectivity index (χ0n) is 5.48. The van der Waals surface area contributed by atoms with Crippen molar-refractivity contribution in [2.75, 3.05) is 11.9 Å². The Morgan fingerprint density at radius 1 is 1.50 bits per heavy atom. The maximum absolute atomic E-state index is 10.7. The molecule has 0 aliphatic carbocycles. The molecule has 3 heteroatoms. The van der Waals surface area contributed by atoms with Gasteiger partial charge in [0.2, 0.25) is 5.56 Å². The van der Waals surface area contributed by atoms with Gasteiger partial charge in [-0.1, -0.05) is 0 Å². The number of anilines is 1. The summed E-state index contributed by atoms with van der Waals surface area (Å²) >= 11 is 0. The van der Waals surface area contributed by atoms with E-state index < -0.39 is 0 Å². The maximum Gasteiger partial charge on any atom is 0.248 e. The SMILES string of the molecule is O=c1cc2c(c[nH]1)NCC2. The number of hydrogen-bond donors (Lipinski definition) is 2. The maximum atomic E-state index is 10.7. The lowest BCUT2D eigenvalue weighted by Crippen LogP contribution is -2.03. The Balaban J connectivity index is 2.63. The molecule has 1 aliphatic heterocycles. The monoisotopic (exact) mass is 136 g/mol. The van der Waals surface area contributed by atoms with Crippen LogP contribution in [0.25, 0.3) is 0 Å². The van der Waals surface area contributed by atoms with E-state index in [4.69, 9.17) is 0 Å². The molecule has 0 radical (unpaired) electrons. The third kappa shape index (κ3) is 0.708. The Hall–Kier alpha value is -1.25. The number of pyridine rings is 1. The van der Waals surface area contributed by atoms with Gasteiger partial charge < -0.3 is 10.3 Å². The van der Waals surface area contributed by atoms with E-state index in [0.29, 0.717) is 0 Å². The summed E-state index contributed by atoms with van der Waals surface area (Å²) in [4.78, 5) is 13.4. The van der Waals surface area contributed by atoms with Crippen molar-refractivity contribution in [2.24, 2.45) is 0 Å². The standard InChI is InChI=1S/C7H8N2O/c10-7-3-5-1-2-8-6(5)4-9-7/h3-4,8H,1-2H2,(H,9,10). The predicted octanol–water partition coefficient (Wildman–Crippen LogP) is 0.343. The summed E-state index contributed by atoms with van der Waals surface area (Å²) in [6.07, 6.45) is 2.70. The number of H-pyrrole nitrogens is 1. The molecular weight excluding hydrogens is 128 g/mol. The first kappa shape index (κ1) is 5.53. The van der Waals surface area contributed by atoms with Crippen molar-refractivity contribution in [2.45, 2.75) is 6.42 Å². The minimum absolute atomic E-state index is 0.0116. The van der Waals surface area contributed by atoms with E-state index in [-0.39, 0.29) is 5.56 Å². The second-order valence-corrected chi connectivity index (χ2v) is 2.41. The van der Waals surface area contributed by atoms with Crippen LogP contribution in [0.5, 0.6) is 0 Å². The molecule has 2 N–H and O–H groups in total. The van der Waals surface area contributed by atoms with Gasteiger partial charge in [0.15, 0.2) is 0 Å². The number of aromatic nitrogens is 1. The summed E-state index contributed by atoms with van der Waals surface area (Å²) in [5.41, 5.74) is 2.19. The van der Waals surface area contributed by atoms with E-state index in [1.165, 1.54) is 0 Å². The van der Waals surface area contributed by atoms with Crippen molar-refractivity contribution in [3.63, 3.8) is 0 Å². The molecule has 0 bridgehead atoms. The molecule has 0 aromatic carbocycles. The average Bonchev–Trinajstić information content (AvgIpc) is 2.33. The molecule has 1 aromatic heterocycles. The summed E-state index contributed by atoms with van der Waals surface area (Å²) in [5, 5.41) is 3.16. The van der Waals surface area contributed by atoms with Crippen LogP contribution in [0, 0.1) is 0 Å². The summed E-state index contributed by atoms with van der Waals surface area (Å²) in [6.45, 7) is 0.951. The Kier molecular flexibility index (Phi) is 1.03. The fourth-order valence-electron chi connectivity index (χ4n) is 1.22. The van der Waals surface area contributed by atoms with Gasteiger partial charge in [0.05, 0.1) is 5.69 Å². The minimum Gasteiger partial charge on any atom is -0.383 e. The van der Waals surface area contributed by atoms with Crippen LogP contribution in [0.3, 0.4) is 0 Å². The fourth-order valence-corrected chi connectivity index (χ4v) is 1.22. The van der Waals surface area contributed by atoms with Gasteiger partial charge in [-0.2, -0.15) is 0 Å². The molecular formula is C7H8N2O. The molecule has 3 nitrogen and oxygen atoms in total. The topological polar surface area (TPSA) is 44.9 Å². The molecule has 0 fully saturated rings. The first-order valence-electron chi connectivity index (χ1n) is 3.32. The van der Waals surface area contributed by atoms with E-state index in [1.54, 1.807) is 12.3 Å². The van der Waals surface area contributed by atoms with E-state index in [9.17, 15) is 4.79 Å². The zero-order valence-corrected chi connectivity index (χ0v) is 5.48. The molecule has 0 unspecified atom stereocenters. The second-order valence-electron chi connectivity index (χ2n) is 2.41. The van der Waals surface area contributed by atoms with Crippen molar-refractivity contribution in [3.8, 4) is 0 Å². The molecule has 2 rings (SSSR count). The van der Waals surface area contributed by atoms with E-state index in [0.717, 1.165) is 24.2 Å². The van der Waals surface area contributed by atoms with Gasteiger partial charge in [0.1, 0.15) is 0 Å². The fraction of sp³-hybridized carbons (Fsp3) is 0.286. The van der Waals surface area contributed by atoms with Gasteiger partial charge in [-0.3, -0.25) is 4.79 Å². The zero-order chi connectivity index (χ0) is 6.97. The van der Waals surface area contributed by atoms with Crippen LogP contribution in [-0.4, -0.2) is 11.5 Å². The van der Waals surface area contributed by atoms with Gasteiger partial charge >= 0.3 is 0 Å². The molecule has 0 amide bonds. The quantitative estimate of drug-likeness (QED) is 0.540. The van der Waals surface area contributed by atoms with Crippen LogP contribution >= 0.6 is 0 Å². The Labute approximate surface area is 58.1 Å². The van der Waals surface area contributed by atoms with Crippen molar-refractivity contribution < 1.29 is 0 Å². The normalized spacial score (nSPS) is 14.4. The van der Waals surface area contributed by atoms with Crippen LogP contribution in [0.2, 0.25) is 0 Å². The molecule has 52 valence electrons. The lowest BCUT2D eigenvalue weighted by atomic mass is 10.2. The van der Waals surface area contributed by atoms with Crippen molar-refractivity contribution in [1.82, 2.24) is 4.98 Å². The number of aromatic amines is 1. The van der Waals surface area contributed by atoms with Crippen molar-refractivity contribution in [1.29, 1.82) is 0 Å². The lowest BCUT2D eigenvalue weighted by Gasteiger charge is -1.94. The van der Waals surface area contributed by atoms with Crippen molar-refractivity contribution >= 4 is 5.69 Å². The number of nitrogens with one attached hydrogen (secondary N) is 2. The summed E-state index contributed by atoms with van der Waals surface area (Å²) < 4.78 is 0. The van der Waals surface area contributed by atoms with E-state index in [1.807, 2.05) is 0 Å². The first-order chi connectivity index (χ1) is 4.86. The molecule has 0 saturated carbocycles. The van der Waals surface area contributed by atoms with E-state index >= 15 is 0 Å². The van der Waals surface area contributed by atoms with Gasteiger partial charge in [0.25, 0.3) is 0 Å². The molecule has 0 saturated heterocycles. The number of hydrogen-bond acceptors (Lipinski definition) is 2. The van der Waals surface area contributed by atoms with E-state index in [2.05, 4.69) is 10.3 Å². The minimum atomic E-state index is -0.0116. The smallest absolute Gasteiger partial charge is 0.248 e. The Bertz CT molecular complexity index is 303. The van der Waals surface area contributed by atoms with Gasteiger partial charge in [-0.15, -0.1) is 0 Å². The number of rotatable bonds is 0. The van der Waals surface area contributed by atoms with Crippen LogP contribution in [-0.2, 0) is 6.42 Å². The van der Waals surface area contributed by atoms with Crippen LogP contribution < -0.4 is 10.9 Å². The summed E-state index contributed by atoms with van der Waals surface area (Å²) in [6, 6.07) is 1.65. The van der Waals surface area contributed by atoms with Crippen LogP contribution in [0.4, 0.5) is 5.69 Å². The molecule has 2 heterocycles.